The lowest BCUT2D eigenvalue weighted by Crippen LogP contribution is -2.53. The molecule has 2 N–H and O–H groups in total. The van der Waals surface area contributed by atoms with Gasteiger partial charge in [-0.05, 0) is 40.0 Å². The number of nitrogens with one attached hydrogen (secondary N) is 2. The Morgan fingerprint density at radius 3 is 2.91 bits per heavy atom. The zero-order chi connectivity index (χ0) is 16.1. The second kappa shape index (κ2) is 7.58. The molecule has 0 aromatic carbocycles. The van der Waals surface area contributed by atoms with Crippen LogP contribution in [0.15, 0.2) is 5.38 Å². The fraction of sp³-hybridized carbons (Fsp3) is 0.667. The standard InChI is InChI=1S/C15H24N4O2S/c1-10-9-22-13(17-10)8-16-15(21)18-12(3)14(20)19-7-5-4-6-11(19)2/h9,11-12H,4-8H2,1-3H3,(H2,16,18,21). The predicted molar refractivity (Wildman–Crippen MR) is 86.7 cm³/mol. The molecule has 22 heavy (non-hydrogen) atoms. The number of hydrogen-bond donors (Lipinski definition) is 2. The summed E-state index contributed by atoms with van der Waals surface area (Å²) in [6.07, 6.45) is 3.24. The van der Waals surface area contributed by atoms with Crippen molar-refractivity contribution >= 4 is 23.3 Å². The van der Waals surface area contributed by atoms with Gasteiger partial charge in [0.25, 0.3) is 0 Å². The lowest BCUT2D eigenvalue weighted by atomic mass is 10.0. The van der Waals surface area contributed by atoms with Crippen molar-refractivity contribution < 1.29 is 9.59 Å². The first kappa shape index (κ1) is 16.7. The highest BCUT2D eigenvalue weighted by molar-refractivity contribution is 7.09. The number of amides is 3. The van der Waals surface area contributed by atoms with Gasteiger partial charge in [-0.25, -0.2) is 9.78 Å². The molecular weight excluding hydrogens is 300 g/mol. The summed E-state index contributed by atoms with van der Waals surface area (Å²) in [4.78, 5) is 30.4. The molecule has 3 amide bonds. The SMILES string of the molecule is Cc1csc(CNC(=O)NC(C)C(=O)N2CCCCC2C)n1. The Morgan fingerprint density at radius 1 is 1.50 bits per heavy atom. The molecular formula is C15H24N4O2S. The van der Waals surface area contributed by atoms with Crippen molar-refractivity contribution in [1.82, 2.24) is 20.5 Å². The molecule has 122 valence electrons. The Kier molecular flexibility index (Phi) is 5.76. The highest BCUT2D eigenvalue weighted by Gasteiger charge is 2.27. The van der Waals surface area contributed by atoms with Crippen molar-refractivity contribution in [2.24, 2.45) is 0 Å². The van der Waals surface area contributed by atoms with Crippen molar-refractivity contribution in [1.29, 1.82) is 0 Å². The van der Waals surface area contributed by atoms with Gasteiger partial charge in [0.15, 0.2) is 0 Å². The van der Waals surface area contributed by atoms with E-state index in [-0.39, 0.29) is 18.0 Å². The highest BCUT2D eigenvalue weighted by atomic mass is 32.1. The van der Waals surface area contributed by atoms with Crippen LogP contribution in [0.5, 0.6) is 0 Å². The third kappa shape index (κ3) is 4.43. The first-order chi connectivity index (χ1) is 10.5. The summed E-state index contributed by atoms with van der Waals surface area (Å²) in [7, 11) is 0. The minimum atomic E-state index is -0.515. The normalized spacial score (nSPS) is 19.6. The van der Waals surface area contributed by atoms with Crippen LogP contribution >= 0.6 is 11.3 Å². The molecule has 1 aromatic rings. The van der Waals surface area contributed by atoms with Crippen molar-refractivity contribution in [3.8, 4) is 0 Å². The smallest absolute Gasteiger partial charge is 0.315 e. The fourth-order valence-corrected chi connectivity index (χ4v) is 3.33. The lowest BCUT2D eigenvalue weighted by molar-refractivity contribution is -0.136. The third-order valence-corrected chi connectivity index (χ3v) is 4.84. The molecule has 0 radical (unpaired) electrons. The average Bonchev–Trinajstić information content (AvgIpc) is 2.90. The van der Waals surface area contributed by atoms with Crippen LogP contribution in [-0.2, 0) is 11.3 Å². The summed E-state index contributed by atoms with van der Waals surface area (Å²) in [5, 5.41) is 8.25. The van der Waals surface area contributed by atoms with Crippen LogP contribution in [0.2, 0.25) is 0 Å². The lowest BCUT2D eigenvalue weighted by Gasteiger charge is -2.35. The Labute approximate surface area is 135 Å². The molecule has 2 unspecified atom stereocenters. The molecule has 2 rings (SSSR count). The van der Waals surface area contributed by atoms with E-state index in [1.807, 2.05) is 17.2 Å². The summed E-state index contributed by atoms with van der Waals surface area (Å²) in [6.45, 7) is 6.88. The van der Waals surface area contributed by atoms with E-state index in [2.05, 4.69) is 22.5 Å². The third-order valence-electron chi connectivity index (χ3n) is 3.87. The molecule has 2 heterocycles. The number of likely N-dealkylation sites (tertiary alicyclic amines) is 1. The molecule has 7 heteroatoms. The monoisotopic (exact) mass is 324 g/mol. The van der Waals surface area contributed by atoms with E-state index in [0.717, 1.165) is 30.1 Å². The number of thiazole rings is 1. The fourth-order valence-electron chi connectivity index (χ4n) is 2.62. The molecule has 1 fully saturated rings. The molecule has 1 aromatic heterocycles. The van der Waals surface area contributed by atoms with Gasteiger partial charge in [0.05, 0.1) is 6.54 Å². The molecule has 6 nitrogen and oxygen atoms in total. The van der Waals surface area contributed by atoms with Gasteiger partial charge in [-0.3, -0.25) is 4.79 Å². The number of piperidine rings is 1. The Bertz CT molecular complexity index is 531. The van der Waals surface area contributed by atoms with E-state index in [0.29, 0.717) is 6.54 Å². The number of aryl methyl sites for hydroxylation is 1. The topological polar surface area (TPSA) is 74.3 Å². The second-order valence-electron chi connectivity index (χ2n) is 5.81. The molecule has 0 spiro atoms. The molecule has 0 saturated carbocycles. The largest absolute Gasteiger partial charge is 0.338 e. The first-order valence-electron chi connectivity index (χ1n) is 7.73. The molecule has 1 saturated heterocycles. The van der Waals surface area contributed by atoms with Crippen LogP contribution in [-0.4, -0.2) is 40.5 Å². The van der Waals surface area contributed by atoms with Crippen LogP contribution in [0.1, 0.15) is 43.8 Å². The number of nitrogens with zero attached hydrogens (tertiary/aromatic N) is 2. The second-order valence-corrected chi connectivity index (χ2v) is 6.75. The van der Waals surface area contributed by atoms with Gasteiger partial charge >= 0.3 is 6.03 Å². The average molecular weight is 324 g/mol. The van der Waals surface area contributed by atoms with E-state index in [1.54, 1.807) is 6.92 Å². The van der Waals surface area contributed by atoms with Crippen molar-refractivity contribution in [3.05, 3.63) is 16.1 Å². The van der Waals surface area contributed by atoms with Gasteiger partial charge in [0.1, 0.15) is 11.0 Å². The number of carbonyl (C=O) groups is 2. The van der Waals surface area contributed by atoms with Crippen LogP contribution in [0.4, 0.5) is 4.79 Å². The molecule has 1 aliphatic rings. The summed E-state index contributed by atoms with van der Waals surface area (Å²) in [6, 6.07) is -0.594. The van der Waals surface area contributed by atoms with E-state index in [9.17, 15) is 9.59 Å². The number of aromatic nitrogens is 1. The van der Waals surface area contributed by atoms with E-state index >= 15 is 0 Å². The van der Waals surface area contributed by atoms with Crippen molar-refractivity contribution in [2.45, 2.75) is 58.7 Å². The Morgan fingerprint density at radius 2 is 2.27 bits per heavy atom. The summed E-state index contributed by atoms with van der Waals surface area (Å²) in [5.41, 5.74) is 0.949. The van der Waals surface area contributed by atoms with E-state index < -0.39 is 6.04 Å². The maximum Gasteiger partial charge on any atom is 0.315 e. The van der Waals surface area contributed by atoms with Crippen molar-refractivity contribution in [2.75, 3.05) is 6.54 Å². The summed E-state index contributed by atoms with van der Waals surface area (Å²) in [5.74, 6) is -0.00700. The predicted octanol–water partition coefficient (Wildman–Crippen LogP) is 2.04. The maximum absolute atomic E-state index is 12.4. The van der Waals surface area contributed by atoms with Crippen LogP contribution in [0, 0.1) is 6.92 Å². The number of urea groups is 1. The highest BCUT2D eigenvalue weighted by Crippen LogP contribution is 2.17. The summed E-state index contributed by atoms with van der Waals surface area (Å²) >= 11 is 1.51. The number of carbonyl (C=O) groups excluding carboxylic acids is 2. The zero-order valence-electron chi connectivity index (χ0n) is 13.4. The van der Waals surface area contributed by atoms with Crippen molar-refractivity contribution in [3.63, 3.8) is 0 Å². The molecule has 0 aliphatic carbocycles. The van der Waals surface area contributed by atoms with E-state index in [4.69, 9.17) is 0 Å². The van der Waals surface area contributed by atoms with Gasteiger partial charge < -0.3 is 15.5 Å². The van der Waals surface area contributed by atoms with Gasteiger partial charge in [-0.1, -0.05) is 0 Å². The minimum absolute atomic E-state index is 0.00700. The first-order valence-corrected chi connectivity index (χ1v) is 8.61. The van der Waals surface area contributed by atoms with Crippen LogP contribution in [0.3, 0.4) is 0 Å². The maximum atomic E-state index is 12.4. The molecule has 0 bridgehead atoms. The minimum Gasteiger partial charge on any atom is -0.338 e. The number of hydrogen-bond acceptors (Lipinski definition) is 4. The Hall–Kier alpha value is -1.63. The zero-order valence-corrected chi connectivity index (χ0v) is 14.2. The molecule has 2 atom stereocenters. The van der Waals surface area contributed by atoms with Crippen LogP contribution in [0.25, 0.3) is 0 Å². The van der Waals surface area contributed by atoms with Gasteiger partial charge in [-0.15, -0.1) is 11.3 Å². The van der Waals surface area contributed by atoms with E-state index in [1.165, 1.54) is 17.8 Å². The van der Waals surface area contributed by atoms with Gasteiger partial charge in [-0.2, -0.15) is 0 Å². The van der Waals surface area contributed by atoms with Crippen LogP contribution < -0.4 is 10.6 Å². The quantitative estimate of drug-likeness (QED) is 0.890. The number of rotatable bonds is 4. The van der Waals surface area contributed by atoms with Gasteiger partial charge in [0, 0.05) is 23.7 Å². The summed E-state index contributed by atoms with van der Waals surface area (Å²) < 4.78 is 0. The Balaban J connectivity index is 1.78. The molecule has 1 aliphatic heterocycles. The van der Waals surface area contributed by atoms with Gasteiger partial charge in [0.2, 0.25) is 5.91 Å².